The first kappa shape index (κ1) is 19.9. The third-order valence-electron chi connectivity index (χ3n) is 4.65. The summed E-state index contributed by atoms with van der Waals surface area (Å²) in [7, 11) is 1.75. The first-order chi connectivity index (χ1) is 13.9. The Bertz CT molecular complexity index is 1260. The van der Waals surface area contributed by atoms with Crippen molar-refractivity contribution in [3.8, 4) is 0 Å². The largest absolute Gasteiger partial charge is 0.290 e. The number of carbonyl (C=O) groups excluding carboxylic acids is 1. The number of hydrogen-bond donors (Lipinski definition) is 0. The van der Waals surface area contributed by atoms with Gasteiger partial charge in [0.2, 0.25) is 0 Å². The number of thiophene rings is 1. The Morgan fingerprint density at radius 3 is 2.38 bits per heavy atom. The molecule has 4 rings (SSSR count). The smallest absolute Gasteiger partial charge is 0.262 e. The van der Waals surface area contributed by atoms with Crippen LogP contribution in [0.2, 0.25) is 5.02 Å². The SMILES string of the molecule is Cc1csc2nc(SCc3ccc(C(=O)c4ccc(Cl)cc4)cc3)n(C)c(=O)c12. The molecule has 0 amide bonds. The average molecular weight is 441 g/mol. The number of nitrogens with zero attached hydrogens (tertiary/aromatic N) is 2. The van der Waals surface area contributed by atoms with Crippen LogP contribution < -0.4 is 5.56 Å². The third kappa shape index (κ3) is 4.01. The van der Waals surface area contributed by atoms with E-state index in [1.807, 2.05) is 36.6 Å². The molecule has 4 nitrogen and oxygen atoms in total. The Morgan fingerprint density at radius 1 is 1.10 bits per heavy atom. The molecule has 4 aromatic rings. The summed E-state index contributed by atoms with van der Waals surface area (Å²) in [6.07, 6.45) is 0. The van der Waals surface area contributed by atoms with Gasteiger partial charge in [-0.05, 0) is 47.7 Å². The molecule has 0 spiro atoms. The summed E-state index contributed by atoms with van der Waals surface area (Å²) in [5, 5.41) is 3.95. The van der Waals surface area contributed by atoms with Crippen LogP contribution in [0.4, 0.5) is 0 Å². The van der Waals surface area contributed by atoms with E-state index in [1.165, 1.54) is 23.1 Å². The van der Waals surface area contributed by atoms with E-state index in [-0.39, 0.29) is 11.3 Å². The number of aryl methyl sites for hydroxylation is 1. The van der Waals surface area contributed by atoms with Crippen LogP contribution >= 0.6 is 34.7 Å². The van der Waals surface area contributed by atoms with Crippen LogP contribution in [-0.2, 0) is 12.8 Å². The quantitative estimate of drug-likeness (QED) is 0.234. The zero-order chi connectivity index (χ0) is 20.5. The Balaban J connectivity index is 1.50. The van der Waals surface area contributed by atoms with Gasteiger partial charge in [0.1, 0.15) is 4.83 Å². The molecule has 0 aliphatic heterocycles. The number of rotatable bonds is 5. The van der Waals surface area contributed by atoms with Crippen LogP contribution in [0.15, 0.2) is 63.9 Å². The minimum Gasteiger partial charge on any atom is -0.290 e. The number of benzene rings is 2. The molecule has 0 saturated heterocycles. The molecule has 0 saturated carbocycles. The molecule has 7 heteroatoms. The fourth-order valence-corrected chi connectivity index (χ4v) is 5.00. The van der Waals surface area contributed by atoms with Crippen molar-refractivity contribution in [2.24, 2.45) is 7.05 Å². The summed E-state index contributed by atoms with van der Waals surface area (Å²) in [6.45, 7) is 1.93. The van der Waals surface area contributed by atoms with Gasteiger partial charge in [-0.3, -0.25) is 14.2 Å². The minimum atomic E-state index is -0.0385. The second kappa shape index (κ2) is 8.14. The highest BCUT2D eigenvalue weighted by Crippen LogP contribution is 2.26. The van der Waals surface area contributed by atoms with E-state index in [9.17, 15) is 9.59 Å². The van der Waals surface area contributed by atoms with Crippen molar-refractivity contribution in [1.29, 1.82) is 0 Å². The van der Waals surface area contributed by atoms with E-state index in [4.69, 9.17) is 11.6 Å². The summed E-state index contributed by atoms with van der Waals surface area (Å²) in [4.78, 5) is 30.6. The molecular formula is C22H17ClN2O2S2. The van der Waals surface area contributed by atoms with Crippen molar-refractivity contribution in [1.82, 2.24) is 9.55 Å². The van der Waals surface area contributed by atoms with Gasteiger partial charge in [-0.15, -0.1) is 11.3 Å². The predicted molar refractivity (Wildman–Crippen MR) is 120 cm³/mol. The standard InChI is InChI=1S/C22H17ClN2O2S2/c1-13-11-28-20-18(13)21(27)25(2)22(24-20)29-12-14-3-5-15(6-4-14)19(26)16-7-9-17(23)10-8-16/h3-11H,12H2,1-2H3. The Morgan fingerprint density at radius 2 is 1.72 bits per heavy atom. The lowest BCUT2D eigenvalue weighted by Gasteiger charge is -2.08. The van der Waals surface area contributed by atoms with E-state index in [0.717, 1.165) is 16.0 Å². The molecule has 0 fully saturated rings. The molecule has 0 aliphatic carbocycles. The van der Waals surface area contributed by atoms with E-state index >= 15 is 0 Å². The number of halogens is 1. The van der Waals surface area contributed by atoms with Gasteiger partial charge in [-0.1, -0.05) is 47.6 Å². The van der Waals surface area contributed by atoms with Crippen molar-refractivity contribution < 1.29 is 4.79 Å². The summed E-state index contributed by atoms with van der Waals surface area (Å²) in [6, 6.07) is 14.4. The van der Waals surface area contributed by atoms with Gasteiger partial charge < -0.3 is 0 Å². The van der Waals surface area contributed by atoms with Crippen LogP contribution in [-0.4, -0.2) is 15.3 Å². The Hall–Kier alpha value is -2.41. The topological polar surface area (TPSA) is 52.0 Å². The number of thioether (sulfide) groups is 1. The molecule has 2 aromatic heterocycles. The van der Waals surface area contributed by atoms with Crippen molar-refractivity contribution in [2.75, 3.05) is 0 Å². The Labute approximate surface area is 181 Å². The lowest BCUT2D eigenvalue weighted by atomic mass is 10.0. The highest BCUT2D eigenvalue weighted by atomic mass is 35.5. The van der Waals surface area contributed by atoms with Crippen molar-refractivity contribution >= 4 is 50.7 Å². The first-order valence-electron chi connectivity index (χ1n) is 8.91. The van der Waals surface area contributed by atoms with Crippen LogP contribution in [0.1, 0.15) is 27.0 Å². The average Bonchev–Trinajstić information content (AvgIpc) is 3.10. The zero-order valence-corrected chi connectivity index (χ0v) is 18.2. The summed E-state index contributed by atoms with van der Waals surface area (Å²) in [5.74, 6) is 0.620. The molecule has 0 radical (unpaired) electrons. The van der Waals surface area contributed by atoms with Crippen LogP contribution in [0, 0.1) is 6.92 Å². The Kier molecular flexibility index (Phi) is 5.58. The maximum Gasteiger partial charge on any atom is 0.262 e. The van der Waals surface area contributed by atoms with E-state index < -0.39 is 0 Å². The second-order valence-corrected chi connectivity index (χ2v) is 8.92. The molecule has 0 aliphatic rings. The highest BCUT2D eigenvalue weighted by Gasteiger charge is 2.13. The summed E-state index contributed by atoms with van der Waals surface area (Å²) >= 11 is 8.89. The van der Waals surface area contributed by atoms with Gasteiger partial charge in [0.05, 0.1) is 5.39 Å². The maximum atomic E-state index is 12.6. The third-order valence-corrected chi connectivity index (χ3v) is 6.99. The lowest BCUT2D eigenvalue weighted by Crippen LogP contribution is -2.19. The number of fused-ring (bicyclic) bond motifs is 1. The maximum absolute atomic E-state index is 12.6. The van der Waals surface area contributed by atoms with Crippen molar-refractivity contribution in [2.45, 2.75) is 17.8 Å². The van der Waals surface area contributed by atoms with Crippen molar-refractivity contribution in [3.63, 3.8) is 0 Å². The van der Waals surface area contributed by atoms with Gasteiger partial charge in [0, 0.05) is 29.0 Å². The molecule has 0 N–H and O–H groups in total. The van der Waals surface area contributed by atoms with Crippen LogP contribution in [0.3, 0.4) is 0 Å². The monoisotopic (exact) mass is 440 g/mol. The van der Waals surface area contributed by atoms with E-state index in [0.29, 0.717) is 32.4 Å². The minimum absolute atomic E-state index is 0.0137. The van der Waals surface area contributed by atoms with Gasteiger partial charge in [-0.2, -0.15) is 0 Å². The van der Waals surface area contributed by atoms with Gasteiger partial charge >= 0.3 is 0 Å². The molecule has 146 valence electrons. The molecular weight excluding hydrogens is 424 g/mol. The zero-order valence-electron chi connectivity index (χ0n) is 15.8. The van der Waals surface area contributed by atoms with Crippen molar-refractivity contribution in [3.05, 3.63) is 91.5 Å². The van der Waals surface area contributed by atoms with Crippen LogP contribution in [0.25, 0.3) is 10.2 Å². The highest BCUT2D eigenvalue weighted by molar-refractivity contribution is 7.98. The molecule has 2 aromatic carbocycles. The fourth-order valence-electron chi connectivity index (χ4n) is 2.99. The normalized spacial score (nSPS) is 11.1. The van der Waals surface area contributed by atoms with Gasteiger partial charge in [-0.25, -0.2) is 4.98 Å². The molecule has 0 bridgehead atoms. The first-order valence-corrected chi connectivity index (χ1v) is 11.1. The molecule has 0 atom stereocenters. The number of ketones is 1. The fraction of sp³-hybridized carbons (Fsp3) is 0.136. The van der Waals surface area contributed by atoms with E-state index in [1.54, 1.807) is 35.9 Å². The van der Waals surface area contributed by atoms with Crippen LogP contribution in [0.5, 0.6) is 0 Å². The lowest BCUT2D eigenvalue weighted by molar-refractivity contribution is 0.103. The number of aromatic nitrogens is 2. The second-order valence-electron chi connectivity index (χ2n) is 6.68. The predicted octanol–water partition coefficient (Wildman–Crippen LogP) is 5.48. The summed E-state index contributed by atoms with van der Waals surface area (Å²) in [5.41, 5.74) is 3.24. The molecule has 2 heterocycles. The summed E-state index contributed by atoms with van der Waals surface area (Å²) < 4.78 is 1.60. The van der Waals surface area contributed by atoms with Gasteiger partial charge in [0.15, 0.2) is 10.9 Å². The number of carbonyl (C=O) groups is 1. The van der Waals surface area contributed by atoms with E-state index in [2.05, 4.69) is 4.98 Å². The molecule has 0 unspecified atom stereocenters. The van der Waals surface area contributed by atoms with Gasteiger partial charge in [0.25, 0.3) is 5.56 Å². The number of hydrogen-bond acceptors (Lipinski definition) is 5. The molecule has 29 heavy (non-hydrogen) atoms.